The Morgan fingerprint density at radius 1 is 1.00 bits per heavy atom. The second kappa shape index (κ2) is 10.2. The molecule has 2 aromatic carbocycles. The Morgan fingerprint density at radius 2 is 1.59 bits per heavy atom. The molecular weight excluding hydrogens is 298 g/mol. The van der Waals surface area contributed by atoms with Crippen molar-refractivity contribution >= 4 is 12.4 Å². The summed E-state index contributed by atoms with van der Waals surface area (Å²) in [5.41, 5.74) is 1.26. The number of nitrogens with zero attached hydrogens (tertiary/aromatic N) is 1. The molecule has 1 N–H and O–H groups in total. The van der Waals surface area contributed by atoms with Crippen LogP contribution in [0.2, 0.25) is 0 Å². The Morgan fingerprint density at radius 3 is 2.18 bits per heavy atom. The van der Waals surface area contributed by atoms with Crippen LogP contribution < -0.4 is 4.74 Å². The zero-order chi connectivity index (χ0) is 14.9. The predicted octanol–water partition coefficient (Wildman–Crippen LogP) is 3.37. The maximum absolute atomic E-state index is 10.1. The molecule has 120 valence electrons. The van der Waals surface area contributed by atoms with Gasteiger partial charge in [-0.25, -0.2) is 0 Å². The highest BCUT2D eigenvalue weighted by molar-refractivity contribution is 5.85. The lowest BCUT2D eigenvalue weighted by Crippen LogP contribution is -2.35. The van der Waals surface area contributed by atoms with Gasteiger partial charge in [-0.3, -0.25) is 4.90 Å². The Kier molecular flexibility index (Phi) is 8.60. The summed E-state index contributed by atoms with van der Waals surface area (Å²) in [5.74, 6) is 0.794. The normalized spacial score (nSPS) is 11.8. The summed E-state index contributed by atoms with van der Waals surface area (Å²) >= 11 is 0. The van der Waals surface area contributed by atoms with Crippen LogP contribution in [0.4, 0.5) is 0 Å². The van der Waals surface area contributed by atoms with Crippen molar-refractivity contribution in [3.05, 3.63) is 66.2 Å². The smallest absolute Gasteiger partial charge is 0.119 e. The molecule has 0 amide bonds. The van der Waals surface area contributed by atoms with Gasteiger partial charge < -0.3 is 9.84 Å². The van der Waals surface area contributed by atoms with E-state index in [4.69, 9.17) is 4.74 Å². The fourth-order valence-electron chi connectivity index (χ4n) is 2.21. The van der Waals surface area contributed by atoms with Crippen molar-refractivity contribution in [3.63, 3.8) is 0 Å². The Bertz CT molecular complexity index is 507. The van der Waals surface area contributed by atoms with Crippen molar-refractivity contribution in [2.24, 2.45) is 0 Å². The first-order valence-corrected chi connectivity index (χ1v) is 7.40. The van der Waals surface area contributed by atoms with Crippen molar-refractivity contribution in [1.82, 2.24) is 4.90 Å². The number of hydrogen-bond acceptors (Lipinski definition) is 3. The van der Waals surface area contributed by atoms with E-state index >= 15 is 0 Å². The summed E-state index contributed by atoms with van der Waals surface area (Å²) in [6.45, 7) is 4.78. The van der Waals surface area contributed by atoms with Gasteiger partial charge in [-0.15, -0.1) is 12.4 Å². The van der Waals surface area contributed by atoms with Gasteiger partial charge in [-0.2, -0.15) is 0 Å². The molecule has 0 heterocycles. The highest BCUT2D eigenvalue weighted by Gasteiger charge is 2.11. The molecule has 0 spiro atoms. The van der Waals surface area contributed by atoms with E-state index in [1.54, 1.807) is 0 Å². The van der Waals surface area contributed by atoms with Crippen molar-refractivity contribution in [3.8, 4) is 5.75 Å². The molecule has 0 aliphatic rings. The predicted molar refractivity (Wildman–Crippen MR) is 92.6 cm³/mol. The van der Waals surface area contributed by atoms with Gasteiger partial charge in [0.2, 0.25) is 0 Å². The number of aliphatic hydroxyl groups is 1. The fraction of sp³-hybridized carbons (Fsp3) is 0.333. The average molecular weight is 322 g/mol. The maximum Gasteiger partial charge on any atom is 0.119 e. The minimum atomic E-state index is -0.492. The Balaban J connectivity index is 0.00000242. The van der Waals surface area contributed by atoms with E-state index in [1.165, 1.54) is 5.56 Å². The van der Waals surface area contributed by atoms with Crippen molar-refractivity contribution < 1.29 is 9.84 Å². The van der Waals surface area contributed by atoms with E-state index in [2.05, 4.69) is 24.0 Å². The lowest BCUT2D eigenvalue weighted by molar-refractivity contribution is 0.0675. The second-order valence-electron chi connectivity index (χ2n) is 5.09. The van der Waals surface area contributed by atoms with Crippen LogP contribution in [0.1, 0.15) is 12.5 Å². The van der Waals surface area contributed by atoms with E-state index in [-0.39, 0.29) is 12.4 Å². The van der Waals surface area contributed by atoms with Crippen molar-refractivity contribution in [2.75, 3.05) is 19.7 Å². The summed E-state index contributed by atoms with van der Waals surface area (Å²) in [5, 5.41) is 10.1. The Hall–Kier alpha value is -1.55. The molecule has 0 saturated heterocycles. The standard InChI is InChI=1S/C18H23NO2.ClH/c1-2-19(13-16-9-5-3-6-10-16)14-17(20)15-21-18-11-7-4-8-12-18;/h3-12,17,20H,2,13-15H2,1H3;1H. The summed E-state index contributed by atoms with van der Waals surface area (Å²) in [4.78, 5) is 2.22. The van der Waals surface area contributed by atoms with Crippen LogP contribution in [-0.4, -0.2) is 35.8 Å². The molecule has 0 aliphatic carbocycles. The SMILES string of the molecule is CCN(Cc1ccccc1)CC(O)COc1ccccc1.Cl. The van der Waals surface area contributed by atoms with Crippen LogP contribution in [0, 0.1) is 0 Å². The minimum absolute atomic E-state index is 0. The zero-order valence-electron chi connectivity index (χ0n) is 12.9. The molecule has 0 aliphatic heterocycles. The summed E-state index contributed by atoms with van der Waals surface area (Å²) in [7, 11) is 0. The molecule has 0 aromatic heterocycles. The van der Waals surface area contributed by atoms with Gasteiger partial charge in [-0.1, -0.05) is 55.5 Å². The van der Waals surface area contributed by atoms with Gasteiger partial charge >= 0.3 is 0 Å². The van der Waals surface area contributed by atoms with Crippen LogP contribution in [0.15, 0.2) is 60.7 Å². The van der Waals surface area contributed by atoms with Crippen LogP contribution in [0.25, 0.3) is 0 Å². The zero-order valence-corrected chi connectivity index (χ0v) is 13.7. The largest absolute Gasteiger partial charge is 0.491 e. The van der Waals surface area contributed by atoms with Crippen molar-refractivity contribution in [2.45, 2.75) is 19.6 Å². The molecule has 3 nitrogen and oxygen atoms in total. The monoisotopic (exact) mass is 321 g/mol. The molecular formula is C18H24ClNO2. The highest BCUT2D eigenvalue weighted by atomic mass is 35.5. The van der Waals surface area contributed by atoms with Gasteiger partial charge in [0.25, 0.3) is 0 Å². The Labute approximate surface area is 138 Å². The molecule has 2 aromatic rings. The fourth-order valence-corrected chi connectivity index (χ4v) is 2.21. The van der Waals surface area contributed by atoms with E-state index in [1.807, 2.05) is 48.5 Å². The van der Waals surface area contributed by atoms with E-state index in [9.17, 15) is 5.11 Å². The number of likely N-dealkylation sites (N-methyl/N-ethyl adjacent to an activating group) is 1. The number of benzene rings is 2. The van der Waals surface area contributed by atoms with Gasteiger partial charge in [-0.05, 0) is 24.2 Å². The van der Waals surface area contributed by atoms with E-state index in [0.717, 1.165) is 18.8 Å². The highest BCUT2D eigenvalue weighted by Crippen LogP contribution is 2.09. The van der Waals surface area contributed by atoms with E-state index < -0.39 is 6.10 Å². The first-order valence-electron chi connectivity index (χ1n) is 7.40. The first-order chi connectivity index (χ1) is 10.3. The van der Waals surface area contributed by atoms with Crippen LogP contribution in [-0.2, 0) is 6.54 Å². The molecule has 0 saturated carbocycles. The number of para-hydroxylation sites is 1. The van der Waals surface area contributed by atoms with Crippen LogP contribution in [0.3, 0.4) is 0 Å². The van der Waals surface area contributed by atoms with Gasteiger partial charge in [0, 0.05) is 13.1 Å². The summed E-state index contributed by atoms with van der Waals surface area (Å²) in [6, 6.07) is 19.9. The number of hydrogen-bond donors (Lipinski definition) is 1. The average Bonchev–Trinajstić information content (AvgIpc) is 2.54. The lowest BCUT2D eigenvalue weighted by Gasteiger charge is -2.23. The third kappa shape index (κ3) is 6.48. The van der Waals surface area contributed by atoms with E-state index in [0.29, 0.717) is 13.2 Å². The van der Waals surface area contributed by atoms with Crippen LogP contribution >= 0.6 is 12.4 Å². The second-order valence-corrected chi connectivity index (χ2v) is 5.09. The van der Waals surface area contributed by atoms with Gasteiger partial charge in [0.05, 0.1) is 0 Å². The number of halogens is 1. The number of rotatable bonds is 8. The molecule has 0 radical (unpaired) electrons. The first kappa shape index (κ1) is 18.5. The quantitative estimate of drug-likeness (QED) is 0.809. The minimum Gasteiger partial charge on any atom is -0.491 e. The third-order valence-electron chi connectivity index (χ3n) is 3.35. The molecule has 1 atom stereocenters. The van der Waals surface area contributed by atoms with Gasteiger partial charge in [0.15, 0.2) is 0 Å². The molecule has 0 fully saturated rings. The molecule has 22 heavy (non-hydrogen) atoms. The van der Waals surface area contributed by atoms with Gasteiger partial charge in [0.1, 0.15) is 18.5 Å². The molecule has 0 bridgehead atoms. The maximum atomic E-state index is 10.1. The summed E-state index contributed by atoms with van der Waals surface area (Å²) < 4.78 is 5.59. The molecule has 4 heteroatoms. The number of ether oxygens (including phenoxy) is 1. The summed E-state index contributed by atoms with van der Waals surface area (Å²) in [6.07, 6.45) is -0.492. The molecule has 1 unspecified atom stereocenters. The third-order valence-corrected chi connectivity index (χ3v) is 3.35. The number of aliphatic hydroxyl groups excluding tert-OH is 1. The molecule has 2 rings (SSSR count). The lowest BCUT2D eigenvalue weighted by atomic mass is 10.2. The van der Waals surface area contributed by atoms with Crippen LogP contribution in [0.5, 0.6) is 5.75 Å². The topological polar surface area (TPSA) is 32.7 Å². The van der Waals surface area contributed by atoms with Crippen molar-refractivity contribution in [1.29, 1.82) is 0 Å².